The normalized spacial score (nSPS) is 11.3. The van der Waals surface area contributed by atoms with Gasteiger partial charge in [0.05, 0.1) is 10.5 Å². The maximum atomic E-state index is 12.3. The van der Waals surface area contributed by atoms with Crippen molar-refractivity contribution in [3.63, 3.8) is 0 Å². The number of carbonyl (C=O) groups is 2. The second-order valence-electron chi connectivity index (χ2n) is 6.58. The fourth-order valence-electron chi connectivity index (χ4n) is 2.46. The van der Waals surface area contributed by atoms with Crippen molar-refractivity contribution < 1.29 is 22.7 Å². The Morgan fingerprint density at radius 2 is 1.79 bits per heavy atom. The number of hydrogen-bond donors (Lipinski definition) is 2. The van der Waals surface area contributed by atoms with E-state index in [1.54, 1.807) is 13.8 Å². The smallest absolute Gasteiger partial charge is 0.339 e. The van der Waals surface area contributed by atoms with Gasteiger partial charge in [0.1, 0.15) is 0 Å². The van der Waals surface area contributed by atoms with Crippen molar-refractivity contribution in [2.45, 2.75) is 31.2 Å². The van der Waals surface area contributed by atoms with Crippen molar-refractivity contribution in [1.29, 1.82) is 0 Å². The number of ether oxygens (including phenoxy) is 1. The highest BCUT2D eigenvalue weighted by Crippen LogP contribution is 2.22. The third-order valence-corrected chi connectivity index (χ3v) is 6.12. The van der Waals surface area contributed by atoms with E-state index in [4.69, 9.17) is 4.74 Å². The van der Waals surface area contributed by atoms with Gasteiger partial charge < -0.3 is 10.1 Å². The van der Waals surface area contributed by atoms with E-state index in [1.807, 2.05) is 30.3 Å². The molecular formula is C20H23BrN2O5S. The average Bonchev–Trinajstić information content (AvgIpc) is 2.66. The molecule has 2 rings (SSSR count). The van der Waals surface area contributed by atoms with Gasteiger partial charge in [-0.3, -0.25) is 4.79 Å². The molecule has 0 atom stereocenters. The van der Waals surface area contributed by atoms with Crippen LogP contribution in [0.2, 0.25) is 0 Å². The van der Waals surface area contributed by atoms with Crippen molar-refractivity contribution in [3.05, 3.63) is 64.1 Å². The summed E-state index contributed by atoms with van der Waals surface area (Å²) in [6, 6.07) is 13.4. The van der Waals surface area contributed by atoms with Crippen LogP contribution in [-0.2, 0) is 26.0 Å². The first-order valence-corrected chi connectivity index (χ1v) is 11.3. The van der Waals surface area contributed by atoms with Crippen molar-refractivity contribution in [1.82, 2.24) is 10.0 Å². The number of rotatable bonds is 9. The van der Waals surface area contributed by atoms with Gasteiger partial charge in [0, 0.05) is 17.1 Å². The van der Waals surface area contributed by atoms with E-state index < -0.39 is 28.5 Å². The van der Waals surface area contributed by atoms with Crippen molar-refractivity contribution in [2.24, 2.45) is 0 Å². The van der Waals surface area contributed by atoms with Gasteiger partial charge >= 0.3 is 5.97 Å². The molecule has 1 amide bonds. The summed E-state index contributed by atoms with van der Waals surface area (Å²) in [4.78, 5) is 24.2. The molecule has 0 spiro atoms. The van der Waals surface area contributed by atoms with E-state index in [1.165, 1.54) is 18.2 Å². The highest BCUT2D eigenvalue weighted by atomic mass is 79.9. The van der Waals surface area contributed by atoms with E-state index in [2.05, 4.69) is 26.0 Å². The van der Waals surface area contributed by atoms with Crippen LogP contribution >= 0.6 is 15.9 Å². The Morgan fingerprint density at radius 1 is 1.10 bits per heavy atom. The summed E-state index contributed by atoms with van der Waals surface area (Å²) >= 11 is 3.21. The fourth-order valence-corrected chi connectivity index (χ4v) is 4.14. The Morgan fingerprint density at radius 3 is 2.45 bits per heavy atom. The van der Waals surface area contributed by atoms with Gasteiger partial charge in [-0.15, -0.1) is 0 Å². The van der Waals surface area contributed by atoms with Gasteiger partial charge in [0.15, 0.2) is 6.61 Å². The monoisotopic (exact) mass is 482 g/mol. The summed E-state index contributed by atoms with van der Waals surface area (Å²) in [5, 5.41) is 2.68. The van der Waals surface area contributed by atoms with Crippen molar-refractivity contribution >= 4 is 37.8 Å². The van der Waals surface area contributed by atoms with E-state index in [0.29, 0.717) is 17.4 Å². The van der Waals surface area contributed by atoms with Gasteiger partial charge in [-0.2, -0.15) is 0 Å². The number of carbonyl (C=O) groups excluding carboxylic acids is 2. The number of halogens is 1. The van der Waals surface area contributed by atoms with E-state index >= 15 is 0 Å². The van der Waals surface area contributed by atoms with Crippen molar-refractivity contribution in [2.75, 3.05) is 13.2 Å². The zero-order chi connectivity index (χ0) is 21.4. The minimum absolute atomic E-state index is 0.0220. The summed E-state index contributed by atoms with van der Waals surface area (Å²) in [6.07, 6.45) is 0.662. The molecule has 0 aliphatic heterocycles. The fraction of sp³-hybridized carbons (Fsp3) is 0.300. The Balaban J connectivity index is 1.93. The van der Waals surface area contributed by atoms with Gasteiger partial charge in [-0.05, 0) is 60.0 Å². The number of esters is 1. The quantitative estimate of drug-likeness (QED) is 0.534. The second kappa shape index (κ2) is 10.5. The first kappa shape index (κ1) is 23.1. The molecule has 0 aliphatic rings. The van der Waals surface area contributed by atoms with E-state index in [-0.39, 0.29) is 16.5 Å². The standard InChI is InChI=1S/C20H23BrN2O5S/c1-14(2)23-29(26,27)16-8-9-18(21)17(12-16)20(25)28-13-19(24)22-11-10-15-6-4-3-5-7-15/h3-9,12,14,23H,10-11,13H2,1-2H3,(H,22,24). The van der Waals surface area contributed by atoms with Crippen LogP contribution in [0, 0.1) is 0 Å². The maximum Gasteiger partial charge on any atom is 0.339 e. The first-order valence-electron chi connectivity index (χ1n) is 8.98. The summed E-state index contributed by atoms with van der Waals surface area (Å²) in [7, 11) is -3.76. The lowest BCUT2D eigenvalue weighted by atomic mass is 10.1. The highest BCUT2D eigenvalue weighted by Gasteiger charge is 2.20. The molecule has 0 bridgehead atoms. The number of nitrogens with one attached hydrogen (secondary N) is 2. The van der Waals surface area contributed by atoms with Crippen LogP contribution in [0.15, 0.2) is 57.9 Å². The van der Waals surface area contributed by atoms with Gasteiger partial charge in [-0.25, -0.2) is 17.9 Å². The molecule has 2 N–H and O–H groups in total. The third kappa shape index (κ3) is 7.26. The minimum atomic E-state index is -3.76. The molecule has 0 saturated heterocycles. The molecule has 0 aromatic heterocycles. The molecule has 2 aromatic rings. The van der Waals surface area contributed by atoms with Crippen LogP contribution in [0.3, 0.4) is 0 Å². The van der Waals surface area contributed by atoms with Crippen LogP contribution in [0.1, 0.15) is 29.8 Å². The lowest BCUT2D eigenvalue weighted by molar-refractivity contribution is -0.124. The second-order valence-corrected chi connectivity index (χ2v) is 9.15. The van der Waals surface area contributed by atoms with Gasteiger partial charge in [0.25, 0.3) is 5.91 Å². The molecule has 29 heavy (non-hydrogen) atoms. The predicted octanol–water partition coefficient (Wildman–Crippen LogP) is 2.65. The van der Waals surface area contributed by atoms with Crippen LogP contribution in [0.5, 0.6) is 0 Å². The number of hydrogen-bond acceptors (Lipinski definition) is 5. The molecule has 9 heteroatoms. The maximum absolute atomic E-state index is 12.3. The molecule has 0 unspecified atom stereocenters. The van der Waals surface area contributed by atoms with Crippen LogP contribution in [0.4, 0.5) is 0 Å². The minimum Gasteiger partial charge on any atom is -0.452 e. The highest BCUT2D eigenvalue weighted by molar-refractivity contribution is 9.10. The topological polar surface area (TPSA) is 102 Å². The number of benzene rings is 2. The molecule has 0 fully saturated rings. The summed E-state index contributed by atoms with van der Waals surface area (Å²) in [5.41, 5.74) is 1.11. The third-order valence-electron chi connectivity index (χ3n) is 3.77. The Hall–Kier alpha value is -2.23. The van der Waals surface area contributed by atoms with Gasteiger partial charge in [-0.1, -0.05) is 30.3 Å². The molecule has 156 valence electrons. The Kier molecular flexibility index (Phi) is 8.36. The summed E-state index contributed by atoms with van der Waals surface area (Å²) in [6.45, 7) is 3.35. The predicted molar refractivity (Wildman–Crippen MR) is 113 cm³/mol. The lowest BCUT2D eigenvalue weighted by Crippen LogP contribution is -2.31. The van der Waals surface area contributed by atoms with E-state index in [0.717, 1.165) is 5.56 Å². The molecule has 0 saturated carbocycles. The number of sulfonamides is 1. The molecule has 0 heterocycles. The van der Waals surface area contributed by atoms with Crippen LogP contribution < -0.4 is 10.0 Å². The number of amides is 1. The Bertz CT molecular complexity index is 962. The largest absolute Gasteiger partial charge is 0.452 e. The van der Waals surface area contributed by atoms with Gasteiger partial charge in [0.2, 0.25) is 10.0 Å². The molecule has 0 radical (unpaired) electrons. The van der Waals surface area contributed by atoms with E-state index in [9.17, 15) is 18.0 Å². The SMILES string of the molecule is CC(C)NS(=O)(=O)c1ccc(Br)c(C(=O)OCC(=O)NCCc2ccccc2)c1. The summed E-state index contributed by atoms with van der Waals surface area (Å²) in [5.74, 6) is -1.23. The first-order chi connectivity index (χ1) is 13.7. The molecule has 2 aromatic carbocycles. The summed E-state index contributed by atoms with van der Waals surface area (Å²) < 4.78 is 32.4. The molecule has 7 nitrogen and oxygen atoms in total. The van der Waals surface area contributed by atoms with Crippen LogP contribution in [0.25, 0.3) is 0 Å². The van der Waals surface area contributed by atoms with Crippen molar-refractivity contribution in [3.8, 4) is 0 Å². The Labute approximate surface area is 179 Å². The lowest BCUT2D eigenvalue weighted by Gasteiger charge is -2.12. The zero-order valence-corrected chi connectivity index (χ0v) is 18.5. The van der Waals surface area contributed by atoms with Crippen LogP contribution in [-0.4, -0.2) is 39.5 Å². The average molecular weight is 483 g/mol. The molecular weight excluding hydrogens is 460 g/mol. The zero-order valence-electron chi connectivity index (χ0n) is 16.1. The molecule has 0 aliphatic carbocycles.